The van der Waals surface area contributed by atoms with E-state index in [1.807, 2.05) is 31.2 Å². The van der Waals surface area contributed by atoms with Crippen molar-refractivity contribution in [3.63, 3.8) is 0 Å². The molecule has 26 heavy (non-hydrogen) atoms. The molecule has 1 amide bonds. The largest absolute Gasteiger partial charge is 0.497 e. The molecule has 0 aliphatic carbocycles. The highest BCUT2D eigenvalue weighted by Gasteiger charge is 2.11. The Morgan fingerprint density at radius 1 is 1.04 bits per heavy atom. The summed E-state index contributed by atoms with van der Waals surface area (Å²) < 4.78 is 9.81. The molecule has 136 valence electrons. The third-order valence-electron chi connectivity index (χ3n) is 4.00. The van der Waals surface area contributed by atoms with Crippen LogP contribution in [-0.2, 0) is 9.53 Å². The molecule has 5 nitrogen and oxygen atoms in total. The van der Waals surface area contributed by atoms with Crippen molar-refractivity contribution in [3.8, 4) is 5.75 Å². The average Bonchev–Trinajstić information content (AvgIpc) is 2.70. The lowest BCUT2D eigenvalue weighted by atomic mass is 10.0. The van der Waals surface area contributed by atoms with E-state index in [1.54, 1.807) is 37.5 Å². The van der Waals surface area contributed by atoms with Gasteiger partial charge >= 0.3 is 5.97 Å². The Balaban J connectivity index is 1.99. The molecule has 2 aromatic rings. The number of benzene rings is 2. The molecule has 1 N–H and O–H groups in total. The number of carbonyl (C=O) groups excluding carboxylic acids is 2. The Morgan fingerprint density at radius 3 is 2.23 bits per heavy atom. The third-order valence-corrected chi connectivity index (χ3v) is 4.00. The number of hydrogen-bond acceptors (Lipinski definition) is 4. The predicted octanol–water partition coefficient (Wildman–Crippen LogP) is 3.76. The van der Waals surface area contributed by atoms with Crippen LogP contribution in [0.3, 0.4) is 0 Å². The number of nitrogens with one attached hydrogen (secondary N) is 1. The normalized spacial score (nSPS) is 11.8. The first-order chi connectivity index (χ1) is 12.6. The minimum absolute atomic E-state index is 0.0697. The zero-order valence-electron chi connectivity index (χ0n) is 15.2. The van der Waals surface area contributed by atoms with Gasteiger partial charge in [-0.2, -0.15) is 0 Å². The fraction of sp³-hybridized carbons (Fsp3) is 0.238. The van der Waals surface area contributed by atoms with Gasteiger partial charge < -0.3 is 14.8 Å². The molecular weight excluding hydrogens is 330 g/mol. The van der Waals surface area contributed by atoms with Gasteiger partial charge in [0.1, 0.15) is 5.75 Å². The molecule has 0 saturated carbocycles. The molecule has 0 spiro atoms. The van der Waals surface area contributed by atoms with E-state index in [4.69, 9.17) is 4.74 Å². The molecule has 0 radical (unpaired) electrons. The lowest BCUT2D eigenvalue weighted by molar-refractivity contribution is -0.117. The van der Waals surface area contributed by atoms with Gasteiger partial charge in [0.2, 0.25) is 5.91 Å². The topological polar surface area (TPSA) is 64.6 Å². The van der Waals surface area contributed by atoms with Crippen LogP contribution >= 0.6 is 0 Å². The fourth-order valence-electron chi connectivity index (χ4n) is 2.50. The second-order valence-electron chi connectivity index (χ2n) is 5.69. The standard InChI is InChI=1S/C21H23NO4/c1-4-19(16-10-12-18(25-2)13-11-16)22-20(23)14-7-15-5-8-17(9-6-15)21(24)26-3/h5-14,19H,4H2,1-3H3,(H,22,23)/b14-7+/t19-/m1/s1. The van der Waals surface area contributed by atoms with Crippen molar-refractivity contribution in [3.05, 3.63) is 71.3 Å². The lowest BCUT2D eigenvalue weighted by Gasteiger charge is -2.16. The number of methoxy groups -OCH3 is 2. The van der Waals surface area contributed by atoms with E-state index < -0.39 is 0 Å². The van der Waals surface area contributed by atoms with Crippen LogP contribution in [0, 0.1) is 0 Å². The molecule has 5 heteroatoms. The maximum absolute atomic E-state index is 12.2. The molecule has 2 rings (SSSR count). The summed E-state index contributed by atoms with van der Waals surface area (Å²) in [5.41, 5.74) is 2.32. The summed E-state index contributed by atoms with van der Waals surface area (Å²) in [6.45, 7) is 2.02. The summed E-state index contributed by atoms with van der Waals surface area (Å²) in [4.78, 5) is 23.6. The van der Waals surface area contributed by atoms with Crippen LogP contribution in [0.15, 0.2) is 54.6 Å². The SMILES string of the molecule is CC[C@@H](NC(=O)/C=C/c1ccc(C(=O)OC)cc1)c1ccc(OC)cc1. The molecule has 1 atom stereocenters. The van der Waals surface area contributed by atoms with E-state index in [2.05, 4.69) is 10.1 Å². The van der Waals surface area contributed by atoms with Crippen molar-refractivity contribution in [2.45, 2.75) is 19.4 Å². The summed E-state index contributed by atoms with van der Waals surface area (Å²) in [5, 5.41) is 2.99. The average molecular weight is 353 g/mol. The minimum atomic E-state index is -0.386. The summed E-state index contributed by atoms with van der Waals surface area (Å²) in [7, 11) is 2.96. The van der Waals surface area contributed by atoms with E-state index in [9.17, 15) is 9.59 Å². The molecule has 0 bridgehead atoms. The Kier molecular flexibility index (Phi) is 6.97. The Hall–Kier alpha value is -3.08. The highest BCUT2D eigenvalue weighted by atomic mass is 16.5. The van der Waals surface area contributed by atoms with E-state index in [1.165, 1.54) is 13.2 Å². The molecule has 0 aromatic heterocycles. The smallest absolute Gasteiger partial charge is 0.337 e. The van der Waals surface area contributed by atoms with Gasteiger partial charge in [0, 0.05) is 6.08 Å². The molecule has 0 unspecified atom stereocenters. The summed E-state index contributed by atoms with van der Waals surface area (Å²) in [6.07, 6.45) is 3.97. The first-order valence-electron chi connectivity index (χ1n) is 8.38. The molecule has 0 fully saturated rings. The van der Waals surface area contributed by atoms with Gasteiger partial charge in [-0.3, -0.25) is 4.79 Å². The number of hydrogen-bond donors (Lipinski definition) is 1. The van der Waals surface area contributed by atoms with E-state index >= 15 is 0 Å². The third kappa shape index (κ3) is 5.21. The van der Waals surface area contributed by atoms with E-state index in [0.29, 0.717) is 5.56 Å². The second kappa shape index (κ2) is 9.42. The van der Waals surface area contributed by atoms with Crippen LogP contribution < -0.4 is 10.1 Å². The van der Waals surface area contributed by atoms with Crippen molar-refractivity contribution < 1.29 is 19.1 Å². The summed E-state index contributed by atoms with van der Waals surface area (Å²) >= 11 is 0. The second-order valence-corrected chi connectivity index (χ2v) is 5.69. The molecule has 2 aromatic carbocycles. The number of amides is 1. The van der Waals surface area contributed by atoms with Gasteiger partial charge in [-0.25, -0.2) is 4.79 Å². The van der Waals surface area contributed by atoms with Gasteiger partial charge in [-0.15, -0.1) is 0 Å². The Morgan fingerprint density at radius 2 is 1.69 bits per heavy atom. The molecule has 0 aliphatic heterocycles. The van der Waals surface area contributed by atoms with E-state index in [0.717, 1.165) is 23.3 Å². The van der Waals surface area contributed by atoms with Crippen LogP contribution in [0.1, 0.15) is 40.9 Å². The number of esters is 1. The maximum atomic E-state index is 12.2. The molecule has 0 saturated heterocycles. The van der Waals surface area contributed by atoms with Crippen molar-refractivity contribution in [2.75, 3.05) is 14.2 Å². The zero-order valence-corrected chi connectivity index (χ0v) is 15.2. The van der Waals surface area contributed by atoms with E-state index in [-0.39, 0.29) is 17.9 Å². The van der Waals surface area contributed by atoms with Crippen LogP contribution in [0.25, 0.3) is 6.08 Å². The van der Waals surface area contributed by atoms with Crippen molar-refractivity contribution >= 4 is 18.0 Å². The number of carbonyl (C=O) groups is 2. The van der Waals surface area contributed by atoms with Crippen LogP contribution in [-0.4, -0.2) is 26.1 Å². The van der Waals surface area contributed by atoms with Gasteiger partial charge in [0.25, 0.3) is 0 Å². The fourth-order valence-corrected chi connectivity index (χ4v) is 2.50. The Bertz CT molecular complexity index is 764. The van der Waals surface area contributed by atoms with Crippen molar-refractivity contribution in [1.82, 2.24) is 5.32 Å². The van der Waals surface area contributed by atoms with Gasteiger partial charge in [0.05, 0.1) is 25.8 Å². The lowest BCUT2D eigenvalue weighted by Crippen LogP contribution is -2.26. The zero-order chi connectivity index (χ0) is 18.9. The number of rotatable bonds is 7. The minimum Gasteiger partial charge on any atom is -0.497 e. The highest BCUT2D eigenvalue weighted by Crippen LogP contribution is 2.20. The molecule has 0 aliphatic rings. The van der Waals surface area contributed by atoms with Crippen LogP contribution in [0.4, 0.5) is 0 Å². The maximum Gasteiger partial charge on any atom is 0.337 e. The highest BCUT2D eigenvalue weighted by molar-refractivity contribution is 5.92. The first kappa shape index (κ1) is 19.2. The van der Waals surface area contributed by atoms with Crippen molar-refractivity contribution in [1.29, 1.82) is 0 Å². The first-order valence-corrected chi connectivity index (χ1v) is 8.38. The Labute approximate surface area is 153 Å². The quantitative estimate of drug-likeness (QED) is 0.608. The van der Waals surface area contributed by atoms with Crippen LogP contribution in [0.5, 0.6) is 5.75 Å². The summed E-state index contributed by atoms with van der Waals surface area (Å²) in [6, 6.07) is 14.4. The number of ether oxygens (including phenoxy) is 2. The van der Waals surface area contributed by atoms with Gasteiger partial charge in [0.15, 0.2) is 0 Å². The molecular formula is C21H23NO4. The monoisotopic (exact) mass is 353 g/mol. The van der Waals surface area contributed by atoms with Crippen molar-refractivity contribution in [2.24, 2.45) is 0 Å². The van der Waals surface area contributed by atoms with Crippen LogP contribution in [0.2, 0.25) is 0 Å². The molecule has 0 heterocycles. The van der Waals surface area contributed by atoms with Gasteiger partial charge in [-0.05, 0) is 47.9 Å². The summed E-state index contributed by atoms with van der Waals surface area (Å²) in [5.74, 6) is 0.221. The van der Waals surface area contributed by atoms with Gasteiger partial charge in [-0.1, -0.05) is 31.2 Å². The predicted molar refractivity (Wildman–Crippen MR) is 101 cm³/mol.